The van der Waals surface area contributed by atoms with Gasteiger partial charge >= 0.3 is 0 Å². The molecule has 5 atom stereocenters. The van der Waals surface area contributed by atoms with Crippen molar-refractivity contribution in [1.29, 1.82) is 0 Å². The van der Waals surface area contributed by atoms with Gasteiger partial charge in [0.2, 0.25) is 0 Å². The molecule has 0 spiro atoms. The van der Waals surface area contributed by atoms with Crippen molar-refractivity contribution in [3.8, 4) is 0 Å². The van der Waals surface area contributed by atoms with Crippen LogP contribution in [0.5, 0.6) is 0 Å². The van der Waals surface area contributed by atoms with Crippen LogP contribution in [-0.4, -0.2) is 0 Å². The quantitative estimate of drug-likeness (QED) is 0.101. The largest absolute Gasteiger partial charge is 0.0622 e. The molecular weight excluding hydrogens is 913 g/mol. The lowest BCUT2D eigenvalue weighted by Gasteiger charge is -2.82. The first-order valence-corrected chi connectivity index (χ1v) is 28.8. The number of hydrogen-bond acceptors (Lipinski definition) is 0. The number of benzene rings is 8. The molecule has 8 aliphatic carbocycles. The molecule has 0 radical (unpaired) electrons. The molecule has 8 aromatic carbocycles. The first-order valence-electron chi connectivity index (χ1n) is 28.8. The average molecular weight is 983 g/mol. The van der Waals surface area contributed by atoms with Crippen LogP contribution in [0, 0.1) is 40.4 Å². The van der Waals surface area contributed by atoms with Crippen molar-refractivity contribution in [1.82, 2.24) is 0 Å². The van der Waals surface area contributed by atoms with E-state index in [1.54, 1.807) is 0 Å². The zero-order valence-electron chi connectivity index (χ0n) is 43.9. The van der Waals surface area contributed by atoms with E-state index in [1.807, 2.05) is 0 Å². The van der Waals surface area contributed by atoms with Crippen molar-refractivity contribution in [2.45, 2.75) is 81.0 Å². The summed E-state index contributed by atoms with van der Waals surface area (Å²) in [7, 11) is 0. The third kappa shape index (κ3) is 7.68. The molecular formula is C76H70. The molecule has 0 N–H and O–H groups in total. The Labute approximate surface area is 452 Å². The highest BCUT2D eigenvalue weighted by Crippen LogP contribution is 2.86. The fraction of sp³-hybridized carbons (Fsp3) is 0.263. The molecule has 8 fully saturated rings. The van der Waals surface area contributed by atoms with Crippen LogP contribution in [0.15, 0.2) is 218 Å². The Kier molecular flexibility index (Phi) is 12.0. The molecule has 76 heavy (non-hydrogen) atoms. The van der Waals surface area contributed by atoms with Crippen LogP contribution in [0.25, 0.3) is 48.6 Å². The van der Waals surface area contributed by atoms with Gasteiger partial charge in [-0.05, 0) is 177 Å². The van der Waals surface area contributed by atoms with Crippen LogP contribution in [0.4, 0.5) is 0 Å². The molecule has 374 valence electrons. The Morgan fingerprint density at radius 1 is 0.289 bits per heavy atom. The smallest absolute Gasteiger partial charge is 0.0379 e. The van der Waals surface area contributed by atoms with E-state index in [0.29, 0.717) is 11.8 Å². The summed E-state index contributed by atoms with van der Waals surface area (Å²) in [5, 5.41) is 0. The summed E-state index contributed by atoms with van der Waals surface area (Å²) in [4.78, 5) is 0. The summed E-state index contributed by atoms with van der Waals surface area (Å²) >= 11 is 0. The zero-order valence-corrected chi connectivity index (χ0v) is 43.9. The summed E-state index contributed by atoms with van der Waals surface area (Å²) in [6.45, 7) is 0. The second kappa shape index (κ2) is 19.4. The van der Waals surface area contributed by atoms with E-state index in [2.05, 4.69) is 267 Å². The fourth-order valence-electron chi connectivity index (χ4n) is 18.8. The van der Waals surface area contributed by atoms with Crippen LogP contribution in [0.3, 0.4) is 0 Å². The normalized spacial score (nSPS) is 30.1. The minimum Gasteiger partial charge on any atom is -0.0622 e. The number of hydrogen-bond donors (Lipinski definition) is 0. The first kappa shape index (κ1) is 47.2. The van der Waals surface area contributed by atoms with E-state index in [1.165, 1.54) is 125 Å². The standard InChI is InChI=1S/C76H70/c1-5-21-55(22-6-1)37-41-63-29-13-17-33-68(63)72-67-48-62-52-74(54-67,73-49-59-45-60(50-73)47-61(46-59)51-73)76(70-35-19-15-31-65(70)43-39-57-25-9-3-10-26-57,71-36-20-16-32-66(71)44-40-58-27-11-4-12-28-58)75(72,53-62)69-34-18-14-30-64(69)42-38-56-23-7-2-8-24-56/h1-44,59-62,67,72H,45-54H2. The maximum Gasteiger partial charge on any atom is 0.0379 e. The molecule has 0 saturated heterocycles. The van der Waals surface area contributed by atoms with Crippen molar-refractivity contribution in [3.63, 3.8) is 0 Å². The molecule has 8 bridgehead atoms. The van der Waals surface area contributed by atoms with Crippen LogP contribution in [-0.2, 0) is 10.8 Å². The van der Waals surface area contributed by atoms with Gasteiger partial charge in [0.1, 0.15) is 0 Å². The number of rotatable bonds is 13. The topological polar surface area (TPSA) is 0 Å². The Morgan fingerprint density at radius 2 is 0.658 bits per heavy atom. The molecule has 0 aliphatic heterocycles. The summed E-state index contributed by atoms with van der Waals surface area (Å²) in [5.74, 6) is 3.77. The van der Waals surface area contributed by atoms with Gasteiger partial charge < -0.3 is 0 Å². The Balaban J connectivity index is 1.15. The Bertz CT molecular complexity index is 3350. The Hall–Kier alpha value is -7.28. The lowest BCUT2D eigenvalue weighted by Crippen LogP contribution is -2.78. The minimum atomic E-state index is -0.480. The van der Waals surface area contributed by atoms with E-state index in [0.717, 1.165) is 24.2 Å². The second-order valence-electron chi connectivity index (χ2n) is 24.3. The highest BCUT2D eigenvalue weighted by Gasteiger charge is 2.82. The van der Waals surface area contributed by atoms with Crippen molar-refractivity contribution in [3.05, 3.63) is 285 Å². The predicted octanol–water partition coefficient (Wildman–Crippen LogP) is 19.4. The Morgan fingerprint density at radius 3 is 1.12 bits per heavy atom. The molecule has 0 heteroatoms. The van der Waals surface area contributed by atoms with Gasteiger partial charge in [0, 0.05) is 10.8 Å². The molecule has 8 aliphatic rings. The SMILES string of the molecule is C(=Cc1ccccc1C1C2CC3CC1(c1ccccc1C=Cc1ccccc1)C(c1ccccc1C=Cc1ccccc1)(c1ccccc1C=Cc1ccccc1)C(C14CC5CC(CC(C5)C1)C4)(C3)C2)c1ccccc1. The van der Waals surface area contributed by atoms with Crippen molar-refractivity contribution in [2.75, 3.05) is 0 Å². The fourth-order valence-corrected chi connectivity index (χ4v) is 18.8. The molecule has 0 amide bonds. The summed E-state index contributed by atoms with van der Waals surface area (Å²) < 4.78 is 0. The van der Waals surface area contributed by atoms with Crippen molar-refractivity contribution in [2.24, 2.45) is 40.4 Å². The lowest BCUT2D eigenvalue weighted by molar-refractivity contribution is -0.250. The van der Waals surface area contributed by atoms with E-state index in [9.17, 15) is 0 Å². The first-order chi connectivity index (χ1) is 37.5. The molecule has 0 aromatic heterocycles. The van der Waals surface area contributed by atoms with Gasteiger partial charge in [-0.25, -0.2) is 0 Å². The van der Waals surface area contributed by atoms with E-state index in [-0.39, 0.29) is 22.2 Å². The molecule has 16 rings (SSSR count). The monoisotopic (exact) mass is 983 g/mol. The van der Waals surface area contributed by atoms with Gasteiger partial charge in [-0.2, -0.15) is 0 Å². The van der Waals surface area contributed by atoms with E-state index < -0.39 is 5.41 Å². The summed E-state index contributed by atoms with van der Waals surface area (Å²) in [5.41, 5.74) is 15.8. The van der Waals surface area contributed by atoms with E-state index >= 15 is 0 Å². The molecule has 5 unspecified atom stereocenters. The summed E-state index contributed by atoms with van der Waals surface area (Å²) in [6, 6.07) is 83.5. The highest BCUT2D eigenvalue weighted by molar-refractivity contribution is 5.81. The molecule has 8 aromatic rings. The zero-order chi connectivity index (χ0) is 50.6. The lowest BCUT2D eigenvalue weighted by atomic mass is 9.21. The second-order valence-corrected chi connectivity index (χ2v) is 24.3. The van der Waals surface area contributed by atoms with Crippen LogP contribution in [0.2, 0.25) is 0 Å². The van der Waals surface area contributed by atoms with Gasteiger partial charge in [-0.1, -0.05) is 267 Å². The van der Waals surface area contributed by atoms with Gasteiger partial charge in [-0.3, -0.25) is 0 Å². The van der Waals surface area contributed by atoms with Crippen molar-refractivity contribution >= 4 is 48.6 Å². The third-order valence-corrected chi connectivity index (χ3v) is 20.5. The summed E-state index contributed by atoms with van der Waals surface area (Å²) in [6.07, 6.45) is 33.0. The van der Waals surface area contributed by atoms with Gasteiger partial charge in [0.05, 0.1) is 0 Å². The van der Waals surface area contributed by atoms with Crippen molar-refractivity contribution < 1.29 is 0 Å². The van der Waals surface area contributed by atoms with Crippen LogP contribution < -0.4 is 0 Å². The predicted molar refractivity (Wildman–Crippen MR) is 321 cm³/mol. The molecule has 8 saturated carbocycles. The van der Waals surface area contributed by atoms with Gasteiger partial charge in [-0.15, -0.1) is 0 Å². The van der Waals surface area contributed by atoms with Crippen LogP contribution >= 0.6 is 0 Å². The average Bonchev–Trinajstić information content (AvgIpc) is 3.10. The molecule has 0 heterocycles. The van der Waals surface area contributed by atoms with E-state index in [4.69, 9.17) is 0 Å². The maximum atomic E-state index is 2.66. The van der Waals surface area contributed by atoms with Gasteiger partial charge in [0.15, 0.2) is 0 Å². The van der Waals surface area contributed by atoms with Crippen LogP contribution in [0.1, 0.15) is 137 Å². The highest BCUT2D eigenvalue weighted by atomic mass is 14.8. The van der Waals surface area contributed by atoms with Gasteiger partial charge in [0.25, 0.3) is 0 Å². The third-order valence-electron chi connectivity index (χ3n) is 20.5. The molecule has 0 nitrogen and oxygen atoms in total. The maximum absolute atomic E-state index is 2.66. The minimum absolute atomic E-state index is 0.0448.